The largest absolute Gasteiger partial charge is 0.490 e. The summed E-state index contributed by atoms with van der Waals surface area (Å²) in [5, 5.41) is 16.1. The molecule has 3 aromatic rings. The van der Waals surface area contributed by atoms with Gasteiger partial charge in [0.05, 0.1) is 24.5 Å². The summed E-state index contributed by atoms with van der Waals surface area (Å²) in [4.78, 5) is 24.3. The molecule has 37 heavy (non-hydrogen) atoms. The third-order valence-electron chi connectivity index (χ3n) is 5.44. The minimum absolute atomic E-state index is 0.00911. The first-order valence-corrected chi connectivity index (χ1v) is 12.0. The van der Waals surface area contributed by atoms with Crippen LogP contribution < -0.4 is 20.2 Å². The first-order chi connectivity index (χ1) is 17.9. The molecule has 0 heterocycles. The van der Waals surface area contributed by atoms with Crippen molar-refractivity contribution in [3.8, 4) is 17.6 Å². The summed E-state index contributed by atoms with van der Waals surface area (Å²) in [5.74, 6) is 0.455. The molecular weight excluding hydrogens is 468 g/mol. The zero-order valence-electron chi connectivity index (χ0n) is 21.2. The molecule has 0 aliphatic rings. The molecule has 0 spiro atoms. The maximum Gasteiger partial charge on any atom is 0.240 e. The third kappa shape index (κ3) is 8.22. The molecule has 8 heteroatoms. The Hall–Kier alpha value is -4.64. The van der Waals surface area contributed by atoms with Gasteiger partial charge in [-0.3, -0.25) is 9.59 Å². The molecule has 0 fully saturated rings. The lowest BCUT2D eigenvalue weighted by atomic mass is 10.1. The lowest BCUT2D eigenvalue weighted by Crippen LogP contribution is -2.21. The number of nitriles is 1. The lowest BCUT2D eigenvalue weighted by Gasteiger charge is -2.13. The van der Waals surface area contributed by atoms with Gasteiger partial charge in [-0.05, 0) is 67.8 Å². The van der Waals surface area contributed by atoms with Crippen molar-refractivity contribution >= 4 is 23.7 Å². The minimum Gasteiger partial charge on any atom is -0.490 e. The van der Waals surface area contributed by atoms with Gasteiger partial charge in [0, 0.05) is 24.1 Å². The average molecular weight is 499 g/mol. The van der Waals surface area contributed by atoms with E-state index < -0.39 is 0 Å². The quantitative estimate of drug-likeness (QED) is 0.285. The molecular formula is C29H30N4O4. The van der Waals surface area contributed by atoms with Crippen LogP contribution in [0.25, 0.3) is 0 Å². The fourth-order valence-electron chi connectivity index (χ4n) is 3.45. The molecule has 3 rings (SSSR count). The number of hydrazone groups is 1. The van der Waals surface area contributed by atoms with Gasteiger partial charge in [-0.25, -0.2) is 5.43 Å². The highest BCUT2D eigenvalue weighted by Crippen LogP contribution is 2.29. The van der Waals surface area contributed by atoms with Gasteiger partial charge in [-0.15, -0.1) is 0 Å². The lowest BCUT2D eigenvalue weighted by molar-refractivity contribution is -0.124. The number of anilines is 1. The number of ether oxygens (including phenoxy) is 2. The maximum atomic E-state index is 12.2. The summed E-state index contributed by atoms with van der Waals surface area (Å²) in [6, 6.07) is 20.5. The number of hydrogen-bond acceptors (Lipinski definition) is 6. The Morgan fingerprint density at radius 2 is 1.76 bits per heavy atom. The van der Waals surface area contributed by atoms with Crippen molar-refractivity contribution in [3.63, 3.8) is 0 Å². The van der Waals surface area contributed by atoms with E-state index >= 15 is 0 Å². The molecule has 0 aliphatic heterocycles. The average Bonchev–Trinajstić information content (AvgIpc) is 2.89. The predicted octanol–water partition coefficient (Wildman–Crippen LogP) is 5.02. The summed E-state index contributed by atoms with van der Waals surface area (Å²) in [7, 11) is 0. The van der Waals surface area contributed by atoms with Crippen LogP contribution in [-0.4, -0.2) is 24.6 Å². The highest BCUT2D eigenvalue weighted by atomic mass is 16.5. The molecule has 8 nitrogen and oxygen atoms in total. The smallest absolute Gasteiger partial charge is 0.240 e. The van der Waals surface area contributed by atoms with Crippen LogP contribution in [-0.2, 0) is 16.2 Å². The predicted molar refractivity (Wildman–Crippen MR) is 143 cm³/mol. The van der Waals surface area contributed by atoms with Gasteiger partial charge >= 0.3 is 0 Å². The Kier molecular flexibility index (Phi) is 9.80. The summed E-state index contributed by atoms with van der Waals surface area (Å²) >= 11 is 0. The van der Waals surface area contributed by atoms with Crippen LogP contribution in [0.4, 0.5) is 5.69 Å². The second-order valence-corrected chi connectivity index (χ2v) is 8.36. The van der Waals surface area contributed by atoms with E-state index in [9.17, 15) is 14.9 Å². The molecule has 0 aromatic heterocycles. The van der Waals surface area contributed by atoms with E-state index in [1.54, 1.807) is 24.3 Å². The number of nitrogens with one attached hydrogen (secondary N) is 2. The van der Waals surface area contributed by atoms with Crippen molar-refractivity contribution in [2.75, 3.05) is 11.9 Å². The number of hydrogen-bond donors (Lipinski definition) is 2. The molecule has 0 atom stereocenters. The first-order valence-electron chi connectivity index (χ1n) is 12.0. The SMILES string of the molecule is CCOc1cc(C=NNC(=O)CCC(=O)Nc2cc(C)ccc2C)ccc1OCc1ccccc1C#N. The molecule has 190 valence electrons. The maximum absolute atomic E-state index is 12.2. The molecule has 0 aliphatic carbocycles. The van der Waals surface area contributed by atoms with Gasteiger partial charge in [0.2, 0.25) is 11.8 Å². The van der Waals surface area contributed by atoms with E-state index in [0.717, 1.165) is 22.4 Å². The van der Waals surface area contributed by atoms with Crippen molar-refractivity contribution < 1.29 is 19.1 Å². The Morgan fingerprint density at radius 1 is 0.973 bits per heavy atom. The Morgan fingerprint density at radius 3 is 2.54 bits per heavy atom. The van der Waals surface area contributed by atoms with Gasteiger partial charge in [-0.2, -0.15) is 10.4 Å². The zero-order chi connectivity index (χ0) is 26.6. The highest BCUT2D eigenvalue weighted by molar-refractivity contribution is 5.94. The monoisotopic (exact) mass is 498 g/mol. The molecule has 0 radical (unpaired) electrons. The summed E-state index contributed by atoms with van der Waals surface area (Å²) in [6.07, 6.45) is 1.55. The fourth-order valence-corrected chi connectivity index (χ4v) is 3.45. The molecule has 0 bridgehead atoms. The van der Waals surface area contributed by atoms with Crippen molar-refractivity contribution in [2.45, 2.75) is 40.2 Å². The Bertz CT molecular complexity index is 1330. The summed E-state index contributed by atoms with van der Waals surface area (Å²) in [5.41, 5.74) is 7.23. The van der Waals surface area contributed by atoms with Crippen molar-refractivity contribution in [1.29, 1.82) is 5.26 Å². The normalized spacial score (nSPS) is 10.5. The third-order valence-corrected chi connectivity index (χ3v) is 5.44. The zero-order valence-corrected chi connectivity index (χ0v) is 21.2. The molecule has 0 unspecified atom stereocenters. The van der Waals surface area contributed by atoms with E-state index in [4.69, 9.17) is 9.47 Å². The fraction of sp³-hybridized carbons (Fsp3) is 0.241. The van der Waals surface area contributed by atoms with E-state index in [1.807, 2.05) is 57.2 Å². The van der Waals surface area contributed by atoms with Crippen LogP contribution in [0.2, 0.25) is 0 Å². The Balaban J connectivity index is 1.52. The molecule has 2 N–H and O–H groups in total. The molecule has 0 saturated carbocycles. The Labute approximate surface area is 216 Å². The van der Waals surface area contributed by atoms with Crippen LogP contribution in [0, 0.1) is 25.2 Å². The second-order valence-electron chi connectivity index (χ2n) is 8.36. The van der Waals surface area contributed by atoms with Crippen molar-refractivity contribution in [3.05, 3.63) is 88.5 Å². The number of amides is 2. The number of benzene rings is 3. The minimum atomic E-state index is -0.367. The first kappa shape index (κ1) is 27.0. The molecule has 2 amide bonds. The molecule has 0 saturated heterocycles. The second kappa shape index (κ2) is 13.4. The van der Waals surface area contributed by atoms with E-state index in [0.29, 0.717) is 29.2 Å². The number of nitrogens with zero attached hydrogens (tertiary/aromatic N) is 2. The van der Waals surface area contributed by atoms with Gasteiger partial charge in [0.15, 0.2) is 11.5 Å². The molecule has 3 aromatic carbocycles. The summed E-state index contributed by atoms with van der Waals surface area (Å²) in [6.45, 7) is 6.40. The topological polar surface area (TPSA) is 113 Å². The van der Waals surface area contributed by atoms with Crippen LogP contribution in [0.3, 0.4) is 0 Å². The summed E-state index contributed by atoms with van der Waals surface area (Å²) < 4.78 is 11.6. The van der Waals surface area contributed by atoms with Gasteiger partial charge in [0.1, 0.15) is 6.61 Å². The number of carbonyl (C=O) groups excluding carboxylic acids is 2. The van der Waals surface area contributed by atoms with Gasteiger partial charge in [0.25, 0.3) is 0 Å². The van der Waals surface area contributed by atoms with Gasteiger partial charge in [-0.1, -0.05) is 30.3 Å². The van der Waals surface area contributed by atoms with Gasteiger partial charge < -0.3 is 14.8 Å². The van der Waals surface area contributed by atoms with Crippen molar-refractivity contribution in [1.82, 2.24) is 5.43 Å². The van der Waals surface area contributed by atoms with E-state index in [2.05, 4.69) is 21.9 Å². The number of rotatable bonds is 11. The van der Waals surface area contributed by atoms with Crippen LogP contribution in [0.15, 0.2) is 65.8 Å². The van der Waals surface area contributed by atoms with Crippen LogP contribution in [0.1, 0.15) is 47.6 Å². The standard InChI is InChI=1S/C29H30N4O4/c1-4-36-27-16-22(11-12-26(27)37-19-24-8-6-5-7-23(24)17-30)18-31-33-29(35)14-13-28(34)32-25-15-20(2)9-10-21(25)3/h5-12,15-16,18H,4,13-14,19H2,1-3H3,(H,32,34)(H,33,35). The van der Waals surface area contributed by atoms with Crippen LogP contribution in [0.5, 0.6) is 11.5 Å². The number of carbonyl (C=O) groups is 2. The van der Waals surface area contributed by atoms with E-state index in [1.165, 1.54) is 6.21 Å². The van der Waals surface area contributed by atoms with E-state index in [-0.39, 0.29) is 31.3 Å². The van der Waals surface area contributed by atoms with Crippen molar-refractivity contribution in [2.24, 2.45) is 5.10 Å². The highest BCUT2D eigenvalue weighted by Gasteiger charge is 2.10. The number of aryl methyl sites for hydroxylation is 2. The van der Waals surface area contributed by atoms with Crippen LogP contribution >= 0.6 is 0 Å².